The molecule has 0 saturated carbocycles. The first-order chi connectivity index (χ1) is 15.6. The van der Waals surface area contributed by atoms with Gasteiger partial charge in [0.05, 0.1) is 0 Å². The van der Waals surface area contributed by atoms with Crippen LogP contribution in [0, 0.1) is 6.92 Å². The number of benzene rings is 4. The summed E-state index contributed by atoms with van der Waals surface area (Å²) in [5, 5.41) is 0. The van der Waals surface area contributed by atoms with E-state index in [2.05, 4.69) is 126 Å². The van der Waals surface area contributed by atoms with Gasteiger partial charge in [-0.05, 0) is 64.4 Å². The monoisotopic (exact) mass is 434 g/mol. The van der Waals surface area contributed by atoms with Crippen LogP contribution in [-0.4, -0.2) is 0 Å². The van der Waals surface area contributed by atoms with E-state index in [-0.39, 0.29) is 10.8 Å². The smallest absolute Gasteiger partial charge is 0.127 e. The van der Waals surface area contributed by atoms with Crippen molar-refractivity contribution in [3.63, 3.8) is 0 Å². The van der Waals surface area contributed by atoms with E-state index in [0.717, 1.165) is 11.5 Å². The molecule has 0 radical (unpaired) electrons. The lowest BCUT2D eigenvalue weighted by Gasteiger charge is -2.26. The van der Waals surface area contributed by atoms with E-state index >= 15 is 0 Å². The van der Waals surface area contributed by atoms with Crippen LogP contribution in [0.5, 0.6) is 11.5 Å². The molecular formula is C32H34O. The fourth-order valence-electron chi connectivity index (χ4n) is 4.09. The summed E-state index contributed by atoms with van der Waals surface area (Å²) < 4.78 is 6.12. The van der Waals surface area contributed by atoms with E-state index in [0.29, 0.717) is 0 Å². The van der Waals surface area contributed by atoms with Crippen molar-refractivity contribution in [2.75, 3.05) is 0 Å². The molecule has 4 aromatic carbocycles. The molecule has 0 atom stereocenters. The first-order valence-corrected chi connectivity index (χ1v) is 11.7. The summed E-state index contributed by atoms with van der Waals surface area (Å²) in [7, 11) is 0. The molecule has 0 spiro atoms. The first-order valence-electron chi connectivity index (χ1n) is 11.7. The maximum absolute atomic E-state index is 6.12. The number of rotatable bonds is 5. The molecule has 0 aliphatic carbocycles. The van der Waals surface area contributed by atoms with E-state index in [1.807, 2.05) is 12.1 Å². The molecule has 0 aliphatic rings. The van der Waals surface area contributed by atoms with Gasteiger partial charge in [-0.1, -0.05) is 113 Å². The highest BCUT2D eigenvalue weighted by Crippen LogP contribution is 2.34. The number of ether oxygens (including phenoxy) is 1. The highest BCUT2D eigenvalue weighted by molar-refractivity contribution is 5.64. The highest BCUT2D eigenvalue weighted by Gasteiger charge is 2.23. The van der Waals surface area contributed by atoms with E-state index < -0.39 is 0 Å². The zero-order valence-electron chi connectivity index (χ0n) is 20.6. The minimum atomic E-state index is -0.0591. The predicted octanol–water partition coefficient (Wildman–Crippen LogP) is 9.08. The molecule has 0 N–H and O–H groups in total. The van der Waals surface area contributed by atoms with Gasteiger partial charge in [-0.2, -0.15) is 0 Å². The Morgan fingerprint density at radius 2 is 0.818 bits per heavy atom. The molecular weight excluding hydrogens is 400 g/mol. The van der Waals surface area contributed by atoms with Gasteiger partial charge in [0.15, 0.2) is 0 Å². The largest absolute Gasteiger partial charge is 0.457 e. The molecule has 4 rings (SSSR count). The molecule has 1 heteroatoms. The minimum Gasteiger partial charge on any atom is -0.457 e. The molecule has 0 unspecified atom stereocenters. The molecule has 1 nitrogen and oxygen atoms in total. The lowest BCUT2D eigenvalue weighted by atomic mass is 9.78. The third-order valence-corrected chi connectivity index (χ3v) is 6.52. The fourth-order valence-corrected chi connectivity index (χ4v) is 4.09. The van der Waals surface area contributed by atoms with Crippen molar-refractivity contribution >= 4 is 0 Å². The Morgan fingerprint density at radius 1 is 0.455 bits per heavy atom. The lowest BCUT2D eigenvalue weighted by molar-refractivity contribution is 0.482. The van der Waals surface area contributed by atoms with Crippen molar-refractivity contribution < 1.29 is 4.74 Å². The van der Waals surface area contributed by atoms with Crippen LogP contribution in [0.25, 0.3) is 11.1 Å². The van der Waals surface area contributed by atoms with Gasteiger partial charge in [0.1, 0.15) is 11.5 Å². The summed E-state index contributed by atoms with van der Waals surface area (Å²) in [6.45, 7) is 13.4. The second-order valence-electron chi connectivity index (χ2n) is 10.5. The van der Waals surface area contributed by atoms with Crippen LogP contribution in [-0.2, 0) is 10.8 Å². The Kier molecular flexibility index (Phi) is 6.17. The van der Waals surface area contributed by atoms with Crippen LogP contribution in [0.2, 0.25) is 0 Å². The molecule has 0 heterocycles. The van der Waals surface area contributed by atoms with Crippen molar-refractivity contribution in [1.29, 1.82) is 0 Å². The van der Waals surface area contributed by atoms with E-state index in [9.17, 15) is 0 Å². The summed E-state index contributed by atoms with van der Waals surface area (Å²) in [5.74, 6) is 1.69. The van der Waals surface area contributed by atoms with E-state index in [1.54, 1.807) is 0 Å². The molecule has 0 fully saturated rings. The fraction of sp³-hybridized carbons (Fsp3) is 0.250. The third-order valence-electron chi connectivity index (χ3n) is 6.52. The van der Waals surface area contributed by atoms with Crippen molar-refractivity contribution in [2.24, 2.45) is 0 Å². The third kappa shape index (κ3) is 5.20. The molecule has 0 aromatic heterocycles. The number of hydrogen-bond donors (Lipinski definition) is 0. The molecule has 4 aromatic rings. The van der Waals surface area contributed by atoms with Crippen molar-refractivity contribution in [1.82, 2.24) is 0 Å². The highest BCUT2D eigenvalue weighted by atomic mass is 16.5. The van der Waals surface area contributed by atoms with Crippen LogP contribution in [0.15, 0.2) is 97.1 Å². The minimum absolute atomic E-state index is 0.0591. The Bertz CT molecular complexity index is 1190. The second kappa shape index (κ2) is 8.90. The maximum Gasteiger partial charge on any atom is 0.127 e. The molecule has 168 valence electrons. The zero-order chi connectivity index (χ0) is 23.6. The first kappa shape index (κ1) is 22.9. The number of aryl methyl sites for hydroxylation is 1. The van der Waals surface area contributed by atoms with Crippen molar-refractivity contribution in [3.05, 3.63) is 119 Å². The van der Waals surface area contributed by atoms with Crippen LogP contribution < -0.4 is 4.74 Å². The second-order valence-corrected chi connectivity index (χ2v) is 10.5. The summed E-state index contributed by atoms with van der Waals surface area (Å²) >= 11 is 0. The van der Waals surface area contributed by atoms with Crippen LogP contribution in [0.1, 0.15) is 56.9 Å². The van der Waals surface area contributed by atoms with Gasteiger partial charge in [-0.15, -0.1) is 0 Å². The SMILES string of the molecule is Cc1ccc(C(C)(C)c2ccc(Oc3ccc(-c4ccc(C(C)(C)C)cc4)cc3)cc2)cc1. The molecule has 33 heavy (non-hydrogen) atoms. The van der Waals surface area contributed by atoms with Crippen LogP contribution in [0.3, 0.4) is 0 Å². The molecule has 0 amide bonds. The summed E-state index contributed by atoms with van der Waals surface area (Å²) in [5.41, 5.74) is 7.74. The van der Waals surface area contributed by atoms with Crippen molar-refractivity contribution in [3.8, 4) is 22.6 Å². The Balaban J connectivity index is 1.46. The van der Waals surface area contributed by atoms with Gasteiger partial charge in [-0.25, -0.2) is 0 Å². The normalized spacial score (nSPS) is 11.9. The van der Waals surface area contributed by atoms with Crippen molar-refractivity contribution in [2.45, 2.75) is 52.4 Å². The average Bonchev–Trinajstić information content (AvgIpc) is 2.80. The van der Waals surface area contributed by atoms with Crippen LogP contribution in [0.4, 0.5) is 0 Å². The van der Waals surface area contributed by atoms with Gasteiger partial charge in [0.2, 0.25) is 0 Å². The zero-order valence-corrected chi connectivity index (χ0v) is 20.6. The average molecular weight is 435 g/mol. The quantitative estimate of drug-likeness (QED) is 0.304. The van der Waals surface area contributed by atoms with E-state index in [4.69, 9.17) is 4.74 Å². The molecule has 0 bridgehead atoms. The molecule has 0 saturated heterocycles. The van der Waals surface area contributed by atoms with E-state index in [1.165, 1.54) is 33.4 Å². The summed E-state index contributed by atoms with van der Waals surface area (Å²) in [4.78, 5) is 0. The molecule has 0 aliphatic heterocycles. The van der Waals surface area contributed by atoms with Gasteiger partial charge >= 0.3 is 0 Å². The summed E-state index contributed by atoms with van der Waals surface area (Å²) in [6, 6.07) is 34.4. The summed E-state index contributed by atoms with van der Waals surface area (Å²) in [6.07, 6.45) is 0. The van der Waals surface area contributed by atoms with Gasteiger partial charge < -0.3 is 4.74 Å². The van der Waals surface area contributed by atoms with Crippen LogP contribution >= 0.6 is 0 Å². The standard InChI is InChI=1S/C32H34O/c1-23-7-13-27(14-8-23)32(5,6)28-17-21-30(22-18-28)33-29-19-11-25(12-20-29)24-9-15-26(16-10-24)31(2,3)4/h7-22H,1-6H3. The lowest BCUT2D eigenvalue weighted by Crippen LogP contribution is -2.18. The Hall–Kier alpha value is -3.32. The number of hydrogen-bond acceptors (Lipinski definition) is 1. The predicted molar refractivity (Wildman–Crippen MR) is 140 cm³/mol. The maximum atomic E-state index is 6.12. The Labute approximate surface area is 199 Å². The van der Waals surface area contributed by atoms with Gasteiger partial charge in [-0.3, -0.25) is 0 Å². The van der Waals surface area contributed by atoms with Gasteiger partial charge in [0.25, 0.3) is 0 Å². The Morgan fingerprint density at radius 3 is 1.27 bits per heavy atom. The topological polar surface area (TPSA) is 9.23 Å². The van der Waals surface area contributed by atoms with Gasteiger partial charge in [0, 0.05) is 5.41 Å².